The van der Waals surface area contributed by atoms with Crippen molar-refractivity contribution in [3.05, 3.63) is 29.6 Å². The van der Waals surface area contributed by atoms with Gasteiger partial charge in [-0.3, -0.25) is 14.5 Å². The highest BCUT2D eigenvalue weighted by Crippen LogP contribution is 2.40. The van der Waals surface area contributed by atoms with Gasteiger partial charge < -0.3 is 5.73 Å². The molecule has 108 valence electrons. The summed E-state index contributed by atoms with van der Waals surface area (Å²) in [5.41, 5.74) is 5.82. The number of imide groups is 1. The topological polar surface area (TPSA) is 63.4 Å². The van der Waals surface area contributed by atoms with E-state index in [-0.39, 0.29) is 35.8 Å². The van der Waals surface area contributed by atoms with E-state index in [0.717, 1.165) is 12.8 Å². The molecule has 2 unspecified atom stereocenters. The van der Waals surface area contributed by atoms with Gasteiger partial charge in [-0.1, -0.05) is 11.8 Å². The summed E-state index contributed by atoms with van der Waals surface area (Å²) >= 11 is 0. The normalized spacial score (nSPS) is 24.0. The molecule has 2 atom stereocenters. The van der Waals surface area contributed by atoms with Gasteiger partial charge in [-0.15, -0.1) is 0 Å². The fourth-order valence-electron chi connectivity index (χ4n) is 3.05. The fourth-order valence-corrected chi connectivity index (χ4v) is 3.05. The highest BCUT2D eigenvalue weighted by atomic mass is 19.1. The number of carbonyl (C=O) groups is 2. The first-order valence-electron chi connectivity index (χ1n) is 6.98. The van der Waals surface area contributed by atoms with Crippen LogP contribution in [0.1, 0.15) is 24.8 Å². The smallest absolute Gasteiger partial charge is 0.236 e. The minimum atomic E-state index is -0.487. The maximum atomic E-state index is 13.7. The van der Waals surface area contributed by atoms with Crippen molar-refractivity contribution in [2.45, 2.75) is 19.3 Å². The van der Waals surface area contributed by atoms with Crippen molar-refractivity contribution in [2.75, 3.05) is 11.4 Å². The second kappa shape index (κ2) is 5.30. The van der Waals surface area contributed by atoms with Crippen LogP contribution in [0.2, 0.25) is 0 Å². The molecule has 3 rings (SSSR count). The number of halogens is 1. The molecule has 2 amide bonds. The zero-order valence-corrected chi connectivity index (χ0v) is 11.4. The Morgan fingerprint density at radius 2 is 1.90 bits per heavy atom. The number of carbonyl (C=O) groups excluding carboxylic acids is 2. The van der Waals surface area contributed by atoms with Crippen molar-refractivity contribution in [1.82, 2.24) is 0 Å². The maximum absolute atomic E-state index is 13.7. The number of nitrogens with two attached hydrogens (primary N) is 1. The van der Waals surface area contributed by atoms with Crippen LogP contribution in [-0.4, -0.2) is 18.4 Å². The number of benzene rings is 1. The molecular formula is C16H15FN2O2. The van der Waals surface area contributed by atoms with Crippen LogP contribution >= 0.6 is 0 Å². The van der Waals surface area contributed by atoms with Gasteiger partial charge in [0.1, 0.15) is 5.82 Å². The highest BCUT2D eigenvalue weighted by Gasteiger charge is 2.45. The van der Waals surface area contributed by atoms with E-state index in [2.05, 4.69) is 11.8 Å². The summed E-state index contributed by atoms with van der Waals surface area (Å²) in [6, 6.07) is 4.12. The van der Waals surface area contributed by atoms with Gasteiger partial charge in [-0.05, 0) is 37.5 Å². The lowest BCUT2D eigenvalue weighted by molar-refractivity contribution is -0.132. The van der Waals surface area contributed by atoms with E-state index in [1.807, 2.05) is 0 Å². The summed E-state index contributed by atoms with van der Waals surface area (Å²) in [7, 11) is 0. The number of amides is 2. The van der Waals surface area contributed by atoms with E-state index in [1.165, 1.54) is 23.1 Å². The lowest BCUT2D eigenvalue weighted by Gasteiger charge is -2.29. The molecule has 1 saturated carbocycles. The van der Waals surface area contributed by atoms with Gasteiger partial charge in [0.2, 0.25) is 11.8 Å². The van der Waals surface area contributed by atoms with E-state index >= 15 is 0 Å². The lowest BCUT2D eigenvalue weighted by atomic mass is 9.96. The van der Waals surface area contributed by atoms with Crippen LogP contribution in [0.5, 0.6) is 0 Å². The third kappa shape index (κ3) is 2.32. The molecule has 21 heavy (non-hydrogen) atoms. The number of fused-ring (bicyclic) bond motifs is 2. The second-order valence-electron chi connectivity index (χ2n) is 5.39. The summed E-state index contributed by atoms with van der Waals surface area (Å²) in [4.78, 5) is 25.9. The number of hydrogen-bond donors (Lipinski definition) is 1. The van der Waals surface area contributed by atoms with Crippen LogP contribution < -0.4 is 10.6 Å². The number of rotatable bonds is 1. The maximum Gasteiger partial charge on any atom is 0.236 e. The van der Waals surface area contributed by atoms with Crippen molar-refractivity contribution < 1.29 is 14.0 Å². The summed E-state index contributed by atoms with van der Waals surface area (Å²) in [5, 5.41) is 0. The molecule has 2 N–H and O–H groups in total. The third-order valence-electron chi connectivity index (χ3n) is 4.11. The van der Waals surface area contributed by atoms with Gasteiger partial charge >= 0.3 is 0 Å². The molecule has 2 aliphatic rings. The largest absolute Gasteiger partial charge is 0.320 e. The average Bonchev–Trinajstić information content (AvgIpc) is 2.93. The first-order chi connectivity index (χ1) is 10.1. The quantitative estimate of drug-likeness (QED) is 0.627. The Labute approximate surface area is 122 Å². The monoisotopic (exact) mass is 286 g/mol. The molecule has 4 nitrogen and oxygen atoms in total. The second-order valence-corrected chi connectivity index (χ2v) is 5.39. The van der Waals surface area contributed by atoms with E-state index in [4.69, 9.17) is 5.73 Å². The van der Waals surface area contributed by atoms with Crippen molar-refractivity contribution in [3.63, 3.8) is 0 Å². The van der Waals surface area contributed by atoms with E-state index in [9.17, 15) is 14.0 Å². The molecule has 2 fully saturated rings. The summed E-state index contributed by atoms with van der Waals surface area (Å²) in [6.07, 6.45) is 2.16. The molecule has 1 aromatic rings. The van der Waals surface area contributed by atoms with Crippen LogP contribution in [0.25, 0.3) is 0 Å². The van der Waals surface area contributed by atoms with E-state index in [1.54, 1.807) is 0 Å². The summed E-state index contributed by atoms with van der Waals surface area (Å²) in [5.74, 6) is 4.17. The highest BCUT2D eigenvalue weighted by molar-refractivity contribution is 6.18. The van der Waals surface area contributed by atoms with Gasteiger partial charge in [-0.2, -0.15) is 0 Å². The number of anilines is 1. The number of piperidine rings is 1. The van der Waals surface area contributed by atoms with Crippen molar-refractivity contribution in [2.24, 2.45) is 17.6 Å². The molecule has 1 aromatic carbocycles. The zero-order chi connectivity index (χ0) is 15.0. The molecular weight excluding hydrogens is 271 g/mol. The first kappa shape index (κ1) is 13.8. The Kier molecular flexibility index (Phi) is 3.48. The predicted octanol–water partition coefficient (Wildman–Crippen LogP) is 1.43. The Hall–Kier alpha value is -2.19. The molecule has 1 heterocycles. The molecule has 5 heteroatoms. The SMILES string of the molecule is NCC#Cc1cc(N2C(=O)C3CCC(C3)C2=O)ccc1F. The van der Waals surface area contributed by atoms with Crippen LogP contribution in [-0.2, 0) is 9.59 Å². The van der Waals surface area contributed by atoms with Crippen LogP contribution in [0.15, 0.2) is 18.2 Å². The van der Waals surface area contributed by atoms with Gasteiger partial charge in [0, 0.05) is 11.8 Å². The summed E-state index contributed by atoms with van der Waals surface area (Å²) in [6.45, 7) is 0.120. The molecule has 2 bridgehead atoms. The van der Waals surface area contributed by atoms with Crippen molar-refractivity contribution in [1.29, 1.82) is 0 Å². The molecule has 1 saturated heterocycles. The molecule has 0 radical (unpaired) electrons. The van der Waals surface area contributed by atoms with E-state index < -0.39 is 5.82 Å². The third-order valence-corrected chi connectivity index (χ3v) is 4.11. The minimum absolute atomic E-state index is 0.0867. The molecule has 1 aliphatic heterocycles. The van der Waals surface area contributed by atoms with Gasteiger partial charge in [-0.25, -0.2) is 4.39 Å². The average molecular weight is 286 g/mol. The van der Waals surface area contributed by atoms with Gasteiger partial charge in [0.15, 0.2) is 0 Å². The molecule has 0 aromatic heterocycles. The molecule has 1 aliphatic carbocycles. The van der Waals surface area contributed by atoms with Crippen molar-refractivity contribution in [3.8, 4) is 11.8 Å². The predicted molar refractivity (Wildman–Crippen MR) is 75.7 cm³/mol. The lowest BCUT2D eigenvalue weighted by Crippen LogP contribution is -2.46. The minimum Gasteiger partial charge on any atom is -0.320 e. The zero-order valence-electron chi connectivity index (χ0n) is 11.4. The number of hydrogen-bond acceptors (Lipinski definition) is 3. The first-order valence-corrected chi connectivity index (χ1v) is 6.98. The standard InChI is InChI=1S/C16H15FN2O2/c17-14-6-5-13(9-10(14)2-1-7-18)19-15(20)11-3-4-12(8-11)16(19)21/h5-6,9,11-12H,3-4,7-8,18H2. The fraction of sp³-hybridized carbons (Fsp3) is 0.375. The van der Waals surface area contributed by atoms with Crippen LogP contribution in [0, 0.1) is 29.5 Å². The Balaban J connectivity index is 2.00. The summed E-state index contributed by atoms with van der Waals surface area (Å²) < 4.78 is 13.7. The van der Waals surface area contributed by atoms with E-state index in [0.29, 0.717) is 12.1 Å². The number of nitrogens with zero attached hydrogens (tertiary/aromatic N) is 1. The van der Waals surface area contributed by atoms with Crippen LogP contribution in [0.3, 0.4) is 0 Å². The van der Waals surface area contributed by atoms with Gasteiger partial charge in [0.25, 0.3) is 0 Å². The van der Waals surface area contributed by atoms with Crippen molar-refractivity contribution >= 4 is 17.5 Å². The Morgan fingerprint density at radius 3 is 2.52 bits per heavy atom. The van der Waals surface area contributed by atoms with Crippen LogP contribution in [0.4, 0.5) is 10.1 Å². The van der Waals surface area contributed by atoms with Gasteiger partial charge in [0.05, 0.1) is 17.8 Å². The Bertz CT molecular complexity index is 653. The molecule has 0 spiro atoms. The Morgan fingerprint density at radius 1 is 1.24 bits per heavy atom.